The molecule has 2 unspecified atom stereocenters. The van der Waals surface area contributed by atoms with Gasteiger partial charge in [0.25, 0.3) is 0 Å². The van der Waals surface area contributed by atoms with Crippen molar-refractivity contribution < 1.29 is 8.42 Å². The first-order chi connectivity index (χ1) is 9.13. The predicted molar refractivity (Wildman–Crippen MR) is 79.0 cm³/mol. The van der Waals surface area contributed by atoms with Crippen LogP contribution in [0.15, 0.2) is 30.3 Å². The molecule has 0 radical (unpaired) electrons. The van der Waals surface area contributed by atoms with Gasteiger partial charge >= 0.3 is 0 Å². The molecule has 1 saturated heterocycles. The summed E-state index contributed by atoms with van der Waals surface area (Å²) in [6.45, 7) is 2.84. The predicted octanol–water partition coefficient (Wildman–Crippen LogP) is 2.17. The summed E-state index contributed by atoms with van der Waals surface area (Å²) in [7, 11) is -2.93. The highest BCUT2D eigenvalue weighted by Crippen LogP contribution is 2.24. The molecule has 0 saturated carbocycles. The maximum absolute atomic E-state index is 12.2. The molecule has 0 aromatic heterocycles. The first-order valence-electron chi connectivity index (χ1n) is 7.12. The summed E-state index contributed by atoms with van der Waals surface area (Å²) >= 11 is 0. The minimum absolute atomic E-state index is 0.0395. The van der Waals surface area contributed by atoms with E-state index in [4.69, 9.17) is 0 Å². The topological polar surface area (TPSA) is 46.2 Å². The van der Waals surface area contributed by atoms with Gasteiger partial charge in [-0.25, -0.2) is 8.42 Å². The van der Waals surface area contributed by atoms with Crippen LogP contribution in [0, 0.1) is 0 Å². The van der Waals surface area contributed by atoms with Crippen LogP contribution < -0.4 is 5.32 Å². The quantitative estimate of drug-likeness (QED) is 0.900. The molecule has 19 heavy (non-hydrogen) atoms. The molecule has 1 aromatic carbocycles. The van der Waals surface area contributed by atoms with E-state index in [0.717, 1.165) is 32.2 Å². The van der Waals surface area contributed by atoms with E-state index < -0.39 is 9.84 Å². The van der Waals surface area contributed by atoms with E-state index in [1.165, 1.54) is 5.56 Å². The normalized spacial score (nSPS) is 23.9. The molecule has 1 aliphatic heterocycles. The van der Waals surface area contributed by atoms with Crippen LogP contribution in [0.25, 0.3) is 0 Å². The zero-order valence-electron chi connectivity index (χ0n) is 11.5. The number of hydrogen-bond acceptors (Lipinski definition) is 3. The molecule has 3 nitrogen and oxygen atoms in total. The van der Waals surface area contributed by atoms with Crippen molar-refractivity contribution in [2.24, 2.45) is 0 Å². The molecule has 1 N–H and O–H groups in total. The lowest BCUT2D eigenvalue weighted by atomic mass is 9.99. The SMILES string of the molecule is CCNC(Cc1ccccc1)C1CCCCS1(=O)=O. The van der Waals surface area contributed by atoms with E-state index in [1.807, 2.05) is 25.1 Å². The highest BCUT2D eigenvalue weighted by molar-refractivity contribution is 7.92. The Labute approximate surface area is 116 Å². The van der Waals surface area contributed by atoms with Crippen molar-refractivity contribution in [1.82, 2.24) is 5.32 Å². The van der Waals surface area contributed by atoms with Crippen LogP contribution in [0.4, 0.5) is 0 Å². The second-order valence-electron chi connectivity index (χ2n) is 5.26. The average molecular weight is 281 g/mol. The van der Waals surface area contributed by atoms with Crippen LogP contribution in [0.5, 0.6) is 0 Å². The lowest BCUT2D eigenvalue weighted by Gasteiger charge is -2.30. The van der Waals surface area contributed by atoms with Crippen molar-refractivity contribution in [3.05, 3.63) is 35.9 Å². The van der Waals surface area contributed by atoms with Crippen LogP contribution in [0.2, 0.25) is 0 Å². The molecule has 2 atom stereocenters. The largest absolute Gasteiger partial charge is 0.313 e. The maximum atomic E-state index is 12.2. The van der Waals surface area contributed by atoms with Gasteiger partial charge in [0.1, 0.15) is 0 Å². The third-order valence-electron chi connectivity index (χ3n) is 3.84. The first kappa shape index (κ1) is 14.5. The summed E-state index contributed by atoms with van der Waals surface area (Å²) in [5.74, 6) is 0.356. The van der Waals surface area contributed by atoms with Gasteiger partial charge in [0.2, 0.25) is 0 Å². The fourth-order valence-electron chi connectivity index (χ4n) is 2.90. The summed E-state index contributed by atoms with van der Waals surface area (Å²) in [4.78, 5) is 0. The highest BCUT2D eigenvalue weighted by Gasteiger charge is 2.34. The molecule has 106 valence electrons. The number of likely N-dealkylation sites (N-methyl/N-ethyl adjacent to an activating group) is 1. The van der Waals surface area contributed by atoms with Crippen molar-refractivity contribution in [1.29, 1.82) is 0 Å². The van der Waals surface area contributed by atoms with Crippen LogP contribution in [-0.4, -0.2) is 32.0 Å². The molecule has 0 amide bonds. The van der Waals surface area contributed by atoms with Gasteiger partial charge in [-0.2, -0.15) is 0 Å². The molecule has 1 aliphatic rings. The monoisotopic (exact) mass is 281 g/mol. The van der Waals surface area contributed by atoms with Crippen LogP contribution in [0.1, 0.15) is 31.7 Å². The smallest absolute Gasteiger partial charge is 0.154 e. The molecular weight excluding hydrogens is 258 g/mol. The summed E-state index contributed by atoms with van der Waals surface area (Å²) in [6, 6.07) is 10.2. The van der Waals surface area contributed by atoms with Crippen LogP contribution in [-0.2, 0) is 16.3 Å². The van der Waals surface area contributed by atoms with Gasteiger partial charge in [0, 0.05) is 6.04 Å². The van der Waals surface area contributed by atoms with Gasteiger partial charge in [-0.15, -0.1) is 0 Å². The first-order valence-corrected chi connectivity index (χ1v) is 8.84. The summed E-state index contributed by atoms with van der Waals surface area (Å²) in [6.07, 6.45) is 3.44. The Morgan fingerprint density at radius 2 is 2.00 bits per heavy atom. The Kier molecular flexibility index (Phi) is 4.99. The minimum atomic E-state index is -2.93. The Morgan fingerprint density at radius 3 is 2.63 bits per heavy atom. The lowest BCUT2D eigenvalue weighted by Crippen LogP contribution is -2.47. The van der Waals surface area contributed by atoms with Crippen molar-refractivity contribution in [2.45, 2.75) is 43.9 Å². The number of rotatable bonds is 5. The molecule has 0 spiro atoms. The number of hydrogen-bond donors (Lipinski definition) is 1. The van der Waals surface area contributed by atoms with Gasteiger partial charge in [-0.3, -0.25) is 0 Å². The molecule has 1 fully saturated rings. The summed E-state index contributed by atoms with van der Waals surface area (Å²) < 4.78 is 24.5. The molecule has 0 bridgehead atoms. The zero-order valence-corrected chi connectivity index (χ0v) is 12.3. The molecule has 2 rings (SSSR count). The molecule has 4 heteroatoms. The van der Waals surface area contributed by atoms with Crippen molar-refractivity contribution in [2.75, 3.05) is 12.3 Å². The van der Waals surface area contributed by atoms with Gasteiger partial charge in [-0.1, -0.05) is 43.7 Å². The average Bonchev–Trinajstić information content (AvgIpc) is 2.39. The van der Waals surface area contributed by atoms with Crippen LogP contribution >= 0.6 is 0 Å². The number of sulfone groups is 1. The molecular formula is C15H23NO2S. The van der Waals surface area contributed by atoms with Crippen molar-refractivity contribution >= 4 is 9.84 Å². The summed E-state index contributed by atoms with van der Waals surface area (Å²) in [5, 5.41) is 3.16. The van der Waals surface area contributed by atoms with E-state index in [2.05, 4.69) is 17.4 Å². The van der Waals surface area contributed by atoms with Gasteiger partial charge in [0.05, 0.1) is 11.0 Å². The van der Waals surface area contributed by atoms with E-state index in [0.29, 0.717) is 5.75 Å². The molecule has 1 heterocycles. The van der Waals surface area contributed by atoms with Crippen LogP contribution in [0.3, 0.4) is 0 Å². The number of nitrogens with one attached hydrogen (secondary N) is 1. The Morgan fingerprint density at radius 1 is 1.26 bits per heavy atom. The molecule has 0 aliphatic carbocycles. The fraction of sp³-hybridized carbons (Fsp3) is 0.600. The van der Waals surface area contributed by atoms with E-state index in [9.17, 15) is 8.42 Å². The summed E-state index contributed by atoms with van der Waals surface area (Å²) in [5.41, 5.74) is 1.20. The van der Waals surface area contributed by atoms with Crippen molar-refractivity contribution in [3.8, 4) is 0 Å². The van der Waals surface area contributed by atoms with Crippen molar-refractivity contribution in [3.63, 3.8) is 0 Å². The Balaban J connectivity index is 2.15. The number of benzene rings is 1. The maximum Gasteiger partial charge on any atom is 0.154 e. The zero-order chi connectivity index (χ0) is 13.7. The third kappa shape index (κ3) is 3.80. The minimum Gasteiger partial charge on any atom is -0.313 e. The van der Waals surface area contributed by atoms with E-state index >= 15 is 0 Å². The fourth-order valence-corrected chi connectivity index (χ4v) is 5.02. The third-order valence-corrected chi connectivity index (χ3v) is 6.19. The van der Waals surface area contributed by atoms with E-state index in [-0.39, 0.29) is 11.3 Å². The van der Waals surface area contributed by atoms with E-state index in [1.54, 1.807) is 0 Å². The van der Waals surface area contributed by atoms with Gasteiger partial charge < -0.3 is 5.32 Å². The second-order valence-corrected chi connectivity index (χ2v) is 7.59. The molecule has 1 aromatic rings. The van der Waals surface area contributed by atoms with Gasteiger partial charge in [0.15, 0.2) is 9.84 Å². The standard InChI is InChI=1S/C15H23NO2S/c1-2-16-14(12-13-8-4-3-5-9-13)15-10-6-7-11-19(15,17)18/h3-5,8-9,14-16H,2,6-7,10-12H2,1H3. The Bertz CT molecular complexity index is 484. The highest BCUT2D eigenvalue weighted by atomic mass is 32.2. The second kappa shape index (κ2) is 6.53. The lowest BCUT2D eigenvalue weighted by molar-refractivity contribution is 0.441. The Hall–Kier alpha value is -0.870. The van der Waals surface area contributed by atoms with Gasteiger partial charge in [-0.05, 0) is 31.4 Å².